The van der Waals surface area contributed by atoms with Crippen molar-refractivity contribution in [3.63, 3.8) is 0 Å². The fourth-order valence-corrected chi connectivity index (χ4v) is 4.08. The number of aromatic nitrogens is 1. The van der Waals surface area contributed by atoms with Gasteiger partial charge in [-0.25, -0.2) is 4.79 Å². The Labute approximate surface area is 168 Å². The quantitative estimate of drug-likeness (QED) is 0.486. The van der Waals surface area contributed by atoms with Crippen molar-refractivity contribution < 1.29 is 9.53 Å². The third-order valence-corrected chi connectivity index (χ3v) is 5.97. The molecule has 2 aromatic rings. The van der Waals surface area contributed by atoms with Gasteiger partial charge in [-0.1, -0.05) is 39.8 Å². The summed E-state index contributed by atoms with van der Waals surface area (Å²) in [5.74, 6) is -0.344. The van der Waals surface area contributed by atoms with Gasteiger partial charge < -0.3 is 4.74 Å². The highest BCUT2D eigenvalue weighted by Gasteiger charge is 2.37. The molecule has 1 aromatic carbocycles. The van der Waals surface area contributed by atoms with E-state index in [1.807, 2.05) is 12.1 Å². The molecule has 1 heterocycles. The van der Waals surface area contributed by atoms with Crippen LogP contribution >= 0.6 is 0 Å². The van der Waals surface area contributed by atoms with Crippen molar-refractivity contribution in [3.05, 3.63) is 58.9 Å². The van der Waals surface area contributed by atoms with E-state index in [-0.39, 0.29) is 16.8 Å². The number of aryl methyl sites for hydroxylation is 1. The summed E-state index contributed by atoms with van der Waals surface area (Å²) in [6.07, 6.45) is 7.35. The van der Waals surface area contributed by atoms with E-state index in [2.05, 4.69) is 51.7 Å². The molecule has 0 radical (unpaired) electrons. The molecule has 0 amide bonds. The minimum absolute atomic E-state index is 0.174. The van der Waals surface area contributed by atoms with E-state index in [1.54, 1.807) is 19.2 Å². The van der Waals surface area contributed by atoms with Gasteiger partial charge in [0, 0.05) is 12.3 Å². The molecule has 0 bridgehead atoms. The van der Waals surface area contributed by atoms with Crippen molar-refractivity contribution in [3.8, 4) is 11.1 Å². The Hall–Kier alpha value is -2.42. The minimum Gasteiger partial charge on any atom is -0.463 e. The monoisotopic (exact) mass is 377 g/mol. The average molecular weight is 378 g/mol. The summed E-state index contributed by atoms with van der Waals surface area (Å²) in [6.45, 7) is 13.8. The van der Waals surface area contributed by atoms with Crippen LogP contribution in [-0.2, 0) is 20.4 Å². The third-order valence-electron chi connectivity index (χ3n) is 5.97. The first-order chi connectivity index (χ1) is 13.1. The van der Waals surface area contributed by atoms with Crippen molar-refractivity contribution in [2.24, 2.45) is 0 Å². The predicted octanol–water partition coefficient (Wildman–Crippen LogP) is 5.98. The number of hydrogen-bond donors (Lipinski definition) is 0. The molecule has 0 N–H and O–H groups in total. The van der Waals surface area contributed by atoms with Gasteiger partial charge in [-0.05, 0) is 83.5 Å². The number of fused-ring (bicyclic) bond motifs is 1. The second-order valence-corrected chi connectivity index (χ2v) is 9.04. The molecule has 3 nitrogen and oxygen atoms in total. The standard InChI is InChI=1S/C25H31NO2/c1-7-28-23(27)9-8-19-15-18(10-13-26-19)20-16-22-21(14-17(20)2)24(3,4)11-12-25(22,5)6/h8-10,13-16H,7,11-12H2,1-6H3/b9-8+. The van der Waals surface area contributed by atoms with Gasteiger partial charge in [0.05, 0.1) is 12.3 Å². The van der Waals surface area contributed by atoms with E-state index < -0.39 is 0 Å². The number of ether oxygens (including phenoxy) is 1. The molecule has 3 rings (SSSR count). The van der Waals surface area contributed by atoms with Crippen LogP contribution in [0.1, 0.15) is 69.8 Å². The van der Waals surface area contributed by atoms with E-state index in [1.165, 1.54) is 41.2 Å². The van der Waals surface area contributed by atoms with Crippen LogP contribution in [0, 0.1) is 6.92 Å². The van der Waals surface area contributed by atoms with Gasteiger partial charge in [0.2, 0.25) is 0 Å². The first-order valence-corrected chi connectivity index (χ1v) is 10.1. The normalized spacial score (nSPS) is 17.4. The largest absolute Gasteiger partial charge is 0.463 e. The van der Waals surface area contributed by atoms with E-state index in [0.29, 0.717) is 6.61 Å². The highest BCUT2D eigenvalue weighted by molar-refractivity contribution is 5.87. The maximum Gasteiger partial charge on any atom is 0.330 e. The van der Waals surface area contributed by atoms with Gasteiger partial charge in [0.15, 0.2) is 0 Å². The lowest BCUT2D eigenvalue weighted by molar-refractivity contribution is -0.137. The number of esters is 1. The Kier molecular flexibility index (Phi) is 5.47. The highest BCUT2D eigenvalue weighted by Crippen LogP contribution is 2.47. The summed E-state index contributed by atoms with van der Waals surface area (Å²) in [5, 5.41) is 0. The lowest BCUT2D eigenvalue weighted by Gasteiger charge is -2.42. The second kappa shape index (κ2) is 7.54. The molecule has 0 spiro atoms. The van der Waals surface area contributed by atoms with Crippen LogP contribution in [0.2, 0.25) is 0 Å². The zero-order valence-electron chi connectivity index (χ0n) is 17.9. The fourth-order valence-electron chi connectivity index (χ4n) is 4.08. The molecule has 0 aliphatic heterocycles. The van der Waals surface area contributed by atoms with Gasteiger partial charge >= 0.3 is 5.97 Å². The first kappa shape index (κ1) is 20.3. The minimum atomic E-state index is -0.344. The van der Waals surface area contributed by atoms with Crippen molar-refractivity contribution in [2.45, 2.75) is 65.2 Å². The molecule has 3 heteroatoms. The van der Waals surface area contributed by atoms with Gasteiger partial charge in [-0.2, -0.15) is 0 Å². The van der Waals surface area contributed by atoms with Crippen molar-refractivity contribution in [1.82, 2.24) is 4.98 Å². The molecule has 1 aliphatic carbocycles. The molecule has 28 heavy (non-hydrogen) atoms. The fraction of sp³-hybridized carbons (Fsp3) is 0.440. The molecule has 148 valence electrons. The number of pyridine rings is 1. The number of carbonyl (C=O) groups excluding carboxylic acids is 1. The van der Waals surface area contributed by atoms with Crippen LogP contribution < -0.4 is 0 Å². The summed E-state index contributed by atoms with van der Waals surface area (Å²) < 4.78 is 4.95. The number of nitrogens with zero attached hydrogens (tertiary/aromatic N) is 1. The maximum absolute atomic E-state index is 11.6. The lowest BCUT2D eigenvalue weighted by atomic mass is 9.62. The van der Waals surface area contributed by atoms with Crippen LogP contribution in [0.4, 0.5) is 0 Å². The second-order valence-electron chi connectivity index (χ2n) is 9.04. The Morgan fingerprint density at radius 3 is 2.39 bits per heavy atom. The molecule has 0 atom stereocenters. The SMILES string of the molecule is CCOC(=O)/C=C/c1cc(-c2cc3c(cc2C)C(C)(C)CCC3(C)C)ccn1. The Morgan fingerprint density at radius 1 is 1.11 bits per heavy atom. The smallest absolute Gasteiger partial charge is 0.330 e. The molecular formula is C25H31NO2. The Morgan fingerprint density at radius 2 is 1.75 bits per heavy atom. The summed E-state index contributed by atoms with van der Waals surface area (Å²) in [7, 11) is 0. The first-order valence-electron chi connectivity index (χ1n) is 10.1. The predicted molar refractivity (Wildman–Crippen MR) is 115 cm³/mol. The van der Waals surface area contributed by atoms with Crippen LogP contribution in [0.3, 0.4) is 0 Å². The topological polar surface area (TPSA) is 39.2 Å². The van der Waals surface area contributed by atoms with Crippen LogP contribution in [0.25, 0.3) is 17.2 Å². The molecule has 0 saturated carbocycles. The molecule has 1 aromatic heterocycles. The molecule has 0 saturated heterocycles. The molecule has 0 unspecified atom stereocenters. The zero-order valence-corrected chi connectivity index (χ0v) is 17.9. The van der Waals surface area contributed by atoms with E-state index in [9.17, 15) is 4.79 Å². The molecule has 1 aliphatic rings. The average Bonchev–Trinajstić information content (AvgIpc) is 2.64. The number of benzene rings is 1. The van der Waals surface area contributed by atoms with Crippen LogP contribution in [0.5, 0.6) is 0 Å². The zero-order chi connectivity index (χ0) is 20.5. The third kappa shape index (κ3) is 4.04. The summed E-state index contributed by atoms with van der Waals surface area (Å²) in [5.41, 5.74) is 7.69. The van der Waals surface area contributed by atoms with E-state index >= 15 is 0 Å². The molecular weight excluding hydrogens is 346 g/mol. The maximum atomic E-state index is 11.6. The van der Waals surface area contributed by atoms with Crippen LogP contribution in [-0.4, -0.2) is 17.6 Å². The van der Waals surface area contributed by atoms with Crippen LogP contribution in [0.15, 0.2) is 36.5 Å². The van der Waals surface area contributed by atoms with E-state index in [0.717, 1.165) is 11.3 Å². The number of rotatable bonds is 4. The van der Waals surface area contributed by atoms with Crippen molar-refractivity contribution in [1.29, 1.82) is 0 Å². The van der Waals surface area contributed by atoms with Crippen molar-refractivity contribution in [2.75, 3.05) is 6.61 Å². The summed E-state index contributed by atoms with van der Waals surface area (Å²) in [4.78, 5) is 16.0. The Bertz CT molecular complexity index is 922. The number of hydrogen-bond acceptors (Lipinski definition) is 3. The van der Waals surface area contributed by atoms with Gasteiger partial charge in [0.1, 0.15) is 0 Å². The summed E-state index contributed by atoms with van der Waals surface area (Å²) in [6, 6.07) is 8.82. The molecule has 0 fully saturated rings. The van der Waals surface area contributed by atoms with E-state index in [4.69, 9.17) is 4.74 Å². The Balaban J connectivity index is 2.03. The highest BCUT2D eigenvalue weighted by atomic mass is 16.5. The van der Waals surface area contributed by atoms with Gasteiger partial charge in [0.25, 0.3) is 0 Å². The lowest BCUT2D eigenvalue weighted by Crippen LogP contribution is -2.34. The number of carbonyl (C=O) groups is 1. The van der Waals surface area contributed by atoms with Gasteiger partial charge in [-0.3, -0.25) is 4.98 Å². The van der Waals surface area contributed by atoms with Crippen molar-refractivity contribution >= 4 is 12.0 Å². The van der Waals surface area contributed by atoms with Gasteiger partial charge in [-0.15, -0.1) is 0 Å². The summed E-state index contributed by atoms with van der Waals surface area (Å²) >= 11 is 0.